The van der Waals surface area contributed by atoms with E-state index >= 15 is 0 Å². The van der Waals surface area contributed by atoms with Crippen molar-refractivity contribution in [2.75, 3.05) is 6.54 Å². The Labute approximate surface area is 85.0 Å². The summed E-state index contributed by atoms with van der Waals surface area (Å²) in [5, 5.41) is 12.9. The highest BCUT2D eigenvalue weighted by atomic mass is 16.3. The second-order valence-corrected chi connectivity index (χ2v) is 3.98. The maximum atomic E-state index is 9.48. The highest BCUT2D eigenvalue weighted by Crippen LogP contribution is 2.20. The van der Waals surface area contributed by atoms with Gasteiger partial charge in [0.15, 0.2) is 0 Å². The molecule has 0 aliphatic carbocycles. The fourth-order valence-electron chi connectivity index (χ4n) is 1.94. The molecule has 0 fully saturated rings. The first-order valence-corrected chi connectivity index (χ1v) is 5.28. The maximum absolute atomic E-state index is 9.48. The SMILES string of the molecule is CC(O)c1ccc2c(c1)CCCNC2. The van der Waals surface area contributed by atoms with Crippen LogP contribution in [0.4, 0.5) is 0 Å². The van der Waals surface area contributed by atoms with Crippen LogP contribution in [0.5, 0.6) is 0 Å². The summed E-state index contributed by atoms with van der Waals surface area (Å²) in [5.41, 5.74) is 3.81. The van der Waals surface area contributed by atoms with E-state index in [2.05, 4.69) is 17.4 Å². The molecule has 2 heteroatoms. The molecule has 0 spiro atoms. The van der Waals surface area contributed by atoms with E-state index in [0.717, 1.165) is 25.1 Å². The van der Waals surface area contributed by atoms with E-state index in [-0.39, 0.29) is 6.10 Å². The molecule has 0 saturated heterocycles. The van der Waals surface area contributed by atoms with E-state index < -0.39 is 0 Å². The van der Waals surface area contributed by atoms with Crippen LogP contribution in [0.15, 0.2) is 18.2 Å². The van der Waals surface area contributed by atoms with Crippen LogP contribution < -0.4 is 5.32 Å². The van der Waals surface area contributed by atoms with Crippen LogP contribution in [0.25, 0.3) is 0 Å². The summed E-state index contributed by atoms with van der Waals surface area (Å²) in [6, 6.07) is 6.30. The number of hydrogen-bond acceptors (Lipinski definition) is 2. The molecule has 0 radical (unpaired) electrons. The van der Waals surface area contributed by atoms with Crippen LogP contribution >= 0.6 is 0 Å². The first-order chi connectivity index (χ1) is 6.77. The number of aliphatic hydroxyl groups is 1. The lowest BCUT2D eigenvalue weighted by molar-refractivity contribution is 0.199. The summed E-state index contributed by atoms with van der Waals surface area (Å²) in [5.74, 6) is 0. The van der Waals surface area contributed by atoms with Gasteiger partial charge in [0.25, 0.3) is 0 Å². The average Bonchev–Trinajstić information content (AvgIpc) is 2.41. The van der Waals surface area contributed by atoms with Crippen molar-refractivity contribution >= 4 is 0 Å². The molecule has 1 aromatic carbocycles. The summed E-state index contributed by atoms with van der Waals surface area (Å²) in [6.45, 7) is 3.88. The normalized spacial score (nSPS) is 18.4. The third-order valence-electron chi connectivity index (χ3n) is 2.83. The molecule has 1 aliphatic heterocycles. The van der Waals surface area contributed by atoms with Gasteiger partial charge in [0.1, 0.15) is 0 Å². The summed E-state index contributed by atoms with van der Waals surface area (Å²) >= 11 is 0. The monoisotopic (exact) mass is 191 g/mol. The summed E-state index contributed by atoms with van der Waals surface area (Å²) in [7, 11) is 0. The van der Waals surface area contributed by atoms with Crippen LogP contribution in [0.1, 0.15) is 36.1 Å². The number of aliphatic hydroxyl groups excluding tert-OH is 1. The zero-order valence-corrected chi connectivity index (χ0v) is 8.59. The van der Waals surface area contributed by atoms with Gasteiger partial charge in [-0.3, -0.25) is 0 Å². The Bertz CT molecular complexity index is 320. The Hall–Kier alpha value is -0.860. The molecule has 76 valence electrons. The van der Waals surface area contributed by atoms with E-state index in [0.29, 0.717) is 0 Å². The molecule has 0 bridgehead atoms. The highest BCUT2D eigenvalue weighted by molar-refractivity contribution is 5.33. The quantitative estimate of drug-likeness (QED) is 0.709. The van der Waals surface area contributed by atoms with Crippen molar-refractivity contribution in [2.45, 2.75) is 32.4 Å². The van der Waals surface area contributed by atoms with Crippen molar-refractivity contribution in [1.82, 2.24) is 5.32 Å². The molecule has 0 amide bonds. The van der Waals surface area contributed by atoms with Crippen LogP contribution in [-0.4, -0.2) is 11.7 Å². The predicted molar refractivity (Wildman–Crippen MR) is 57.1 cm³/mol. The largest absolute Gasteiger partial charge is 0.389 e. The van der Waals surface area contributed by atoms with Gasteiger partial charge in [-0.2, -0.15) is 0 Å². The Morgan fingerprint density at radius 3 is 3.00 bits per heavy atom. The van der Waals surface area contributed by atoms with Gasteiger partial charge in [0.2, 0.25) is 0 Å². The predicted octanol–water partition coefficient (Wildman–Crippen LogP) is 1.78. The molecule has 1 aromatic rings. The summed E-state index contributed by atoms with van der Waals surface area (Å²) < 4.78 is 0. The number of hydrogen-bond donors (Lipinski definition) is 2. The van der Waals surface area contributed by atoms with E-state index in [4.69, 9.17) is 0 Å². The Morgan fingerprint density at radius 2 is 2.21 bits per heavy atom. The lowest BCUT2D eigenvalue weighted by atomic mass is 9.99. The lowest BCUT2D eigenvalue weighted by Crippen LogP contribution is -2.11. The highest BCUT2D eigenvalue weighted by Gasteiger charge is 2.09. The average molecular weight is 191 g/mol. The minimum atomic E-state index is -0.350. The Balaban J connectivity index is 2.32. The molecule has 0 aromatic heterocycles. The van der Waals surface area contributed by atoms with Crippen LogP contribution in [0.3, 0.4) is 0 Å². The van der Waals surface area contributed by atoms with E-state index in [1.807, 2.05) is 13.0 Å². The number of nitrogens with one attached hydrogen (secondary N) is 1. The van der Waals surface area contributed by atoms with Crippen molar-refractivity contribution in [3.63, 3.8) is 0 Å². The van der Waals surface area contributed by atoms with Crippen LogP contribution in [-0.2, 0) is 13.0 Å². The Kier molecular flexibility index (Phi) is 2.85. The molecule has 1 unspecified atom stereocenters. The third-order valence-corrected chi connectivity index (χ3v) is 2.83. The summed E-state index contributed by atoms with van der Waals surface area (Å²) in [4.78, 5) is 0. The fraction of sp³-hybridized carbons (Fsp3) is 0.500. The van der Waals surface area contributed by atoms with Crippen LogP contribution in [0.2, 0.25) is 0 Å². The van der Waals surface area contributed by atoms with Crippen molar-refractivity contribution in [2.24, 2.45) is 0 Å². The Morgan fingerprint density at radius 1 is 1.36 bits per heavy atom. The molecule has 2 nitrogen and oxygen atoms in total. The van der Waals surface area contributed by atoms with Gasteiger partial charge in [-0.1, -0.05) is 18.2 Å². The second-order valence-electron chi connectivity index (χ2n) is 3.98. The molecule has 1 atom stereocenters. The van der Waals surface area contributed by atoms with Gasteiger partial charge in [-0.25, -0.2) is 0 Å². The van der Waals surface area contributed by atoms with Crippen molar-refractivity contribution in [3.05, 3.63) is 34.9 Å². The van der Waals surface area contributed by atoms with Crippen molar-refractivity contribution < 1.29 is 5.11 Å². The number of rotatable bonds is 1. The van der Waals surface area contributed by atoms with E-state index in [9.17, 15) is 5.11 Å². The fourth-order valence-corrected chi connectivity index (χ4v) is 1.94. The van der Waals surface area contributed by atoms with Gasteiger partial charge in [-0.15, -0.1) is 0 Å². The van der Waals surface area contributed by atoms with Crippen molar-refractivity contribution in [1.29, 1.82) is 0 Å². The minimum absolute atomic E-state index is 0.350. The molecule has 2 rings (SSSR count). The molecule has 1 aliphatic rings. The number of benzene rings is 1. The smallest absolute Gasteiger partial charge is 0.0762 e. The topological polar surface area (TPSA) is 32.3 Å². The molecular weight excluding hydrogens is 174 g/mol. The zero-order valence-electron chi connectivity index (χ0n) is 8.59. The van der Waals surface area contributed by atoms with Gasteiger partial charge in [0.05, 0.1) is 6.10 Å². The molecule has 14 heavy (non-hydrogen) atoms. The zero-order chi connectivity index (χ0) is 9.97. The van der Waals surface area contributed by atoms with E-state index in [1.165, 1.54) is 17.5 Å². The van der Waals surface area contributed by atoms with Gasteiger partial charge < -0.3 is 10.4 Å². The number of aryl methyl sites for hydroxylation is 1. The first-order valence-electron chi connectivity index (χ1n) is 5.28. The first kappa shape index (κ1) is 9.69. The summed E-state index contributed by atoms with van der Waals surface area (Å²) in [6.07, 6.45) is 1.97. The third kappa shape index (κ3) is 1.97. The van der Waals surface area contributed by atoms with Gasteiger partial charge >= 0.3 is 0 Å². The van der Waals surface area contributed by atoms with Gasteiger partial charge in [0, 0.05) is 6.54 Å². The molecular formula is C12H17NO. The second kappa shape index (κ2) is 4.11. The van der Waals surface area contributed by atoms with Gasteiger partial charge in [-0.05, 0) is 43.0 Å². The lowest BCUT2D eigenvalue weighted by Gasteiger charge is -2.10. The molecule has 1 heterocycles. The minimum Gasteiger partial charge on any atom is -0.389 e. The molecule has 0 saturated carbocycles. The molecule has 2 N–H and O–H groups in total. The number of fused-ring (bicyclic) bond motifs is 1. The van der Waals surface area contributed by atoms with Crippen LogP contribution in [0, 0.1) is 0 Å². The van der Waals surface area contributed by atoms with E-state index in [1.54, 1.807) is 0 Å². The standard InChI is InChI=1S/C12H17NO/c1-9(14)10-4-5-12-8-13-6-2-3-11(12)7-10/h4-5,7,9,13-14H,2-3,6,8H2,1H3. The van der Waals surface area contributed by atoms with Crippen molar-refractivity contribution in [3.8, 4) is 0 Å². The maximum Gasteiger partial charge on any atom is 0.0762 e.